The molecule has 0 bridgehead atoms. The summed E-state index contributed by atoms with van der Waals surface area (Å²) in [6.07, 6.45) is 1.46. The van der Waals surface area contributed by atoms with Gasteiger partial charge in [0, 0.05) is 29.7 Å². The lowest BCUT2D eigenvalue weighted by atomic mass is 10.2. The lowest BCUT2D eigenvalue weighted by Crippen LogP contribution is -2.40. The maximum Gasteiger partial charge on any atom is 0.212 e. The number of aromatic nitrogens is 5. The highest BCUT2D eigenvalue weighted by molar-refractivity contribution is 6.74. The number of fused-ring (bicyclic) bond motifs is 1. The van der Waals surface area contributed by atoms with Gasteiger partial charge in [-0.3, -0.25) is 4.57 Å². The Hall–Kier alpha value is -4.08. The van der Waals surface area contributed by atoms with Crippen LogP contribution in [0, 0.1) is 0 Å². The molecule has 0 amide bonds. The Bertz CT molecular complexity index is 1780. The largest absolute Gasteiger partial charge is 0.481 e. The van der Waals surface area contributed by atoms with E-state index in [1.807, 2.05) is 41.0 Å². The van der Waals surface area contributed by atoms with Gasteiger partial charge in [0.2, 0.25) is 5.88 Å². The third-order valence-electron chi connectivity index (χ3n) is 7.24. The first-order valence-electron chi connectivity index (χ1n) is 14.6. The number of pyridine rings is 3. The molecule has 5 rings (SSSR count). The summed E-state index contributed by atoms with van der Waals surface area (Å²) < 4.78 is 43.5. The summed E-state index contributed by atoms with van der Waals surface area (Å²) in [7, 11) is -4.58. The van der Waals surface area contributed by atoms with Crippen LogP contribution in [0.2, 0.25) is 18.1 Å². The van der Waals surface area contributed by atoms with Gasteiger partial charge in [-0.05, 0) is 66.2 Å². The minimum Gasteiger partial charge on any atom is -0.481 e. The van der Waals surface area contributed by atoms with Gasteiger partial charge in [-0.25, -0.2) is 19.9 Å². The maximum absolute atomic E-state index is 8.43. The molecule has 2 N–H and O–H groups in total. The predicted octanol–water partition coefficient (Wildman–Crippen LogP) is 6.66. The first-order chi connectivity index (χ1) is 20.1. The molecule has 0 saturated carbocycles. The average molecular weight is 543 g/mol. The Morgan fingerprint density at radius 3 is 2.49 bits per heavy atom. The van der Waals surface area contributed by atoms with Crippen LogP contribution in [0.25, 0.3) is 39.5 Å². The van der Waals surface area contributed by atoms with E-state index in [1.54, 1.807) is 24.4 Å². The fourth-order valence-corrected chi connectivity index (χ4v) is 4.87. The van der Waals surface area contributed by atoms with E-state index < -0.39 is 15.4 Å². The monoisotopic (exact) mass is 542 g/mol. The van der Waals surface area contributed by atoms with Gasteiger partial charge >= 0.3 is 0 Å². The number of benzene rings is 1. The van der Waals surface area contributed by atoms with Crippen LogP contribution >= 0.6 is 0 Å². The number of nitrogens with zero attached hydrogens (tertiary/aromatic N) is 5. The molecular formula is C30H34N6O2Si. The molecule has 0 radical (unpaired) electrons. The number of nitrogen functional groups attached to an aromatic ring is 1. The fourth-order valence-electron chi connectivity index (χ4n) is 3.90. The van der Waals surface area contributed by atoms with Gasteiger partial charge in [0.25, 0.3) is 0 Å². The van der Waals surface area contributed by atoms with Crippen molar-refractivity contribution >= 4 is 25.3 Å². The van der Waals surface area contributed by atoms with Crippen LogP contribution in [0.15, 0.2) is 73.0 Å². The molecule has 200 valence electrons. The van der Waals surface area contributed by atoms with Crippen LogP contribution in [0.5, 0.6) is 5.88 Å². The second kappa shape index (κ2) is 10.2. The van der Waals surface area contributed by atoms with Crippen LogP contribution in [0.1, 0.15) is 31.8 Å². The number of imidazole rings is 1. The molecule has 9 heteroatoms. The van der Waals surface area contributed by atoms with E-state index in [9.17, 15) is 0 Å². The molecule has 0 aliphatic carbocycles. The van der Waals surface area contributed by atoms with Gasteiger partial charge in [0.05, 0.1) is 30.4 Å². The second-order valence-electron chi connectivity index (χ2n) is 10.9. The van der Waals surface area contributed by atoms with Crippen molar-refractivity contribution < 1.29 is 14.6 Å². The highest BCUT2D eigenvalue weighted by Gasteiger charge is 2.37. The number of hydrogen-bond donors (Lipinski definition) is 1. The van der Waals surface area contributed by atoms with Gasteiger partial charge in [0.1, 0.15) is 11.3 Å². The average Bonchev–Trinajstić information content (AvgIpc) is 3.29. The van der Waals surface area contributed by atoms with Crippen molar-refractivity contribution in [1.29, 1.82) is 0 Å². The number of hydrogen-bond acceptors (Lipinski definition) is 7. The maximum atomic E-state index is 8.43. The second-order valence-corrected chi connectivity index (χ2v) is 15.7. The summed E-state index contributed by atoms with van der Waals surface area (Å²) in [4.78, 5) is 18.0. The van der Waals surface area contributed by atoms with Gasteiger partial charge in [0.15, 0.2) is 19.8 Å². The minimum absolute atomic E-state index is 0.113. The number of anilines is 1. The van der Waals surface area contributed by atoms with Crippen molar-refractivity contribution in [3.63, 3.8) is 0 Å². The Morgan fingerprint density at radius 1 is 1.00 bits per heavy atom. The lowest BCUT2D eigenvalue weighted by Gasteiger charge is -2.36. The number of nitrogens with two attached hydrogens (primary N) is 1. The van der Waals surface area contributed by atoms with Crippen LogP contribution in [0.3, 0.4) is 0 Å². The Balaban J connectivity index is 1.58. The highest BCUT2D eigenvalue weighted by atomic mass is 28.4. The SMILES string of the molecule is [2H]c1nc(OC([2H])([2H])[2H])ccc1-c1ccc2nc(-c3cccnc3N)n(-c3ccc(CO[Si](C)(C)C(C)(C)C)cc3)c2n1. The Morgan fingerprint density at radius 2 is 1.79 bits per heavy atom. The van der Waals surface area contributed by atoms with Crippen molar-refractivity contribution in [1.82, 2.24) is 24.5 Å². The topological polar surface area (TPSA) is 101 Å². The van der Waals surface area contributed by atoms with Crippen LogP contribution in [-0.2, 0) is 11.0 Å². The number of rotatable bonds is 7. The molecular weight excluding hydrogens is 504 g/mol. The molecule has 0 saturated heterocycles. The van der Waals surface area contributed by atoms with Crippen molar-refractivity contribution in [2.45, 2.75) is 45.5 Å². The van der Waals surface area contributed by atoms with Crippen molar-refractivity contribution in [3.05, 3.63) is 78.6 Å². The van der Waals surface area contributed by atoms with Crippen molar-refractivity contribution in [2.75, 3.05) is 12.8 Å². The summed E-state index contributed by atoms with van der Waals surface area (Å²) in [5.41, 5.74) is 10.8. The van der Waals surface area contributed by atoms with E-state index >= 15 is 0 Å². The van der Waals surface area contributed by atoms with E-state index in [-0.39, 0.29) is 17.1 Å². The number of ether oxygens (including phenoxy) is 1. The molecule has 0 spiro atoms. The first kappa shape index (κ1) is 21.8. The molecule has 0 aliphatic rings. The van der Waals surface area contributed by atoms with Gasteiger partial charge in [-0.1, -0.05) is 32.9 Å². The molecule has 1 aromatic carbocycles. The third-order valence-corrected chi connectivity index (χ3v) is 11.7. The van der Waals surface area contributed by atoms with Crippen LogP contribution in [0.4, 0.5) is 5.82 Å². The normalized spacial score (nSPS) is 14.0. The molecule has 4 heterocycles. The summed E-state index contributed by atoms with van der Waals surface area (Å²) in [5.74, 6) is 0.745. The lowest BCUT2D eigenvalue weighted by molar-refractivity contribution is 0.276. The van der Waals surface area contributed by atoms with Gasteiger partial charge in [-0.2, -0.15) is 0 Å². The zero-order valence-electron chi connectivity index (χ0n) is 26.7. The van der Waals surface area contributed by atoms with Gasteiger partial charge < -0.3 is 14.9 Å². The smallest absolute Gasteiger partial charge is 0.212 e. The van der Waals surface area contributed by atoms with Crippen molar-refractivity contribution in [3.8, 4) is 34.2 Å². The molecule has 5 aromatic rings. The molecule has 0 fully saturated rings. The molecule has 0 unspecified atom stereocenters. The highest BCUT2D eigenvalue weighted by Crippen LogP contribution is 2.37. The van der Waals surface area contributed by atoms with E-state index in [0.29, 0.717) is 46.2 Å². The summed E-state index contributed by atoms with van der Waals surface area (Å²) in [6.45, 7) is 11.7. The Kier molecular flexibility index (Phi) is 5.72. The summed E-state index contributed by atoms with van der Waals surface area (Å²) in [5, 5.41) is 0.113. The molecule has 39 heavy (non-hydrogen) atoms. The van der Waals surface area contributed by atoms with E-state index in [2.05, 4.69) is 43.8 Å². The number of methoxy groups -OCH3 is 1. The minimum atomic E-state index is -2.67. The Labute approximate surface area is 235 Å². The molecule has 8 nitrogen and oxygen atoms in total. The van der Waals surface area contributed by atoms with Crippen LogP contribution < -0.4 is 10.5 Å². The quantitative estimate of drug-likeness (QED) is 0.230. The predicted molar refractivity (Wildman–Crippen MR) is 158 cm³/mol. The fraction of sp³-hybridized carbons (Fsp3) is 0.267. The van der Waals surface area contributed by atoms with Crippen molar-refractivity contribution in [2.24, 2.45) is 0 Å². The van der Waals surface area contributed by atoms with E-state index in [0.717, 1.165) is 11.3 Å². The van der Waals surface area contributed by atoms with Crippen LogP contribution in [-0.4, -0.2) is 39.9 Å². The molecule has 4 aromatic heterocycles. The molecule has 0 atom stereocenters. The van der Waals surface area contributed by atoms with E-state index in [4.69, 9.17) is 30.3 Å². The first-order valence-corrected chi connectivity index (χ1v) is 15.5. The standard InChI is InChI=1S/C30H34N6O2Si/c1-30(2,3)39(5,6)38-19-20-9-12-22(13-10-20)36-28(23-8-7-17-32-27(23)31)35-25-15-14-24(34-29(25)36)21-11-16-26(37-4)33-18-21/h7-18H,19H2,1-6H3,(H2,31,32)/i4D3,18D. The zero-order chi connectivity index (χ0) is 31.2. The van der Waals surface area contributed by atoms with Gasteiger partial charge in [-0.15, -0.1) is 0 Å². The van der Waals surface area contributed by atoms with E-state index in [1.165, 1.54) is 6.07 Å². The molecule has 0 aliphatic heterocycles. The summed E-state index contributed by atoms with van der Waals surface area (Å²) >= 11 is 0. The zero-order valence-corrected chi connectivity index (χ0v) is 23.7. The summed E-state index contributed by atoms with van der Waals surface area (Å²) in [6, 6.07) is 18.3. The third kappa shape index (κ3) is 5.28.